The number of allylic oxidation sites excluding steroid dienone is 4. The highest BCUT2D eigenvalue weighted by Crippen LogP contribution is 2.34. The molecular weight excluding hydrogens is 120 g/mol. The predicted molar refractivity (Wildman–Crippen MR) is 43.8 cm³/mol. The monoisotopic (exact) mass is 134 g/mol. The van der Waals surface area contributed by atoms with Crippen LogP contribution in [0.5, 0.6) is 0 Å². The largest absolute Gasteiger partial charge is 0.0811 e. The summed E-state index contributed by atoms with van der Waals surface area (Å²) in [6.07, 6.45) is 10.2. The molecule has 0 amide bonds. The molecule has 2 rings (SSSR count). The summed E-state index contributed by atoms with van der Waals surface area (Å²) < 4.78 is 0. The maximum absolute atomic E-state index is 2.35. The van der Waals surface area contributed by atoms with Gasteiger partial charge in [-0.2, -0.15) is 0 Å². The Morgan fingerprint density at radius 1 is 1.40 bits per heavy atom. The van der Waals surface area contributed by atoms with Crippen molar-refractivity contribution in [1.82, 2.24) is 0 Å². The first-order valence-corrected chi connectivity index (χ1v) is 4.25. The molecule has 0 aromatic rings. The lowest BCUT2D eigenvalue weighted by Crippen LogP contribution is -1.97. The summed E-state index contributed by atoms with van der Waals surface area (Å²) in [5, 5.41) is 0. The molecule has 1 unspecified atom stereocenters. The Balaban J connectivity index is 2.22. The van der Waals surface area contributed by atoms with E-state index in [2.05, 4.69) is 19.1 Å². The van der Waals surface area contributed by atoms with Crippen LogP contribution in [0.1, 0.15) is 32.6 Å². The van der Waals surface area contributed by atoms with Crippen molar-refractivity contribution in [2.24, 2.45) is 5.92 Å². The first-order chi connectivity index (χ1) is 4.86. The Kier molecular flexibility index (Phi) is 1.40. The summed E-state index contributed by atoms with van der Waals surface area (Å²) in [6.45, 7) is 2.30. The van der Waals surface area contributed by atoms with Gasteiger partial charge in [0.1, 0.15) is 0 Å². The molecule has 0 radical (unpaired) electrons. The summed E-state index contributed by atoms with van der Waals surface area (Å²) in [5.74, 6) is 0.803. The number of hydrogen-bond acceptors (Lipinski definition) is 0. The molecule has 0 heteroatoms. The van der Waals surface area contributed by atoms with E-state index in [1.165, 1.54) is 25.7 Å². The lowest BCUT2D eigenvalue weighted by Gasteiger charge is -2.13. The van der Waals surface area contributed by atoms with Crippen LogP contribution in [0.4, 0.5) is 0 Å². The van der Waals surface area contributed by atoms with Crippen LogP contribution in [0.15, 0.2) is 23.3 Å². The molecule has 2 aliphatic rings. The molecule has 0 aromatic carbocycles. The van der Waals surface area contributed by atoms with E-state index in [0.29, 0.717) is 0 Å². The summed E-state index contributed by atoms with van der Waals surface area (Å²) >= 11 is 0. The first-order valence-electron chi connectivity index (χ1n) is 4.25. The average Bonchev–Trinajstić information content (AvgIpc) is 2.33. The molecule has 0 spiro atoms. The maximum atomic E-state index is 2.35. The van der Waals surface area contributed by atoms with Gasteiger partial charge in [-0.25, -0.2) is 0 Å². The quantitative estimate of drug-likeness (QED) is 0.477. The van der Waals surface area contributed by atoms with E-state index in [9.17, 15) is 0 Å². The highest BCUT2D eigenvalue weighted by molar-refractivity contribution is 5.33. The number of hydrogen-bond donors (Lipinski definition) is 0. The van der Waals surface area contributed by atoms with E-state index in [1.807, 2.05) is 0 Å². The van der Waals surface area contributed by atoms with Crippen LogP contribution >= 0.6 is 0 Å². The van der Waals surface area contributed by atoms with Crippen molar-refractivity contribution < 1.29 is 0 Å². The molecule has 0 fully saturated rings. The van der Waals surface area contributed by atoms with Crippen LogP contribution in [-0.4, -0.2) is 0 Å². The third kappa shape index (κ3) is 0.920. The van der Waals surface area contributed by atoms with E-state index >= 15 is 0 Å². The summed E-state index contributed by atoms with van der Waals surface area (Å²) in [4.78, 5) is 0. The third-order valence-corrected chi connectivity index (χ3v) is 2.57. The zero-order valence-electron chi connectivity index (χ0n) is 6.56. The van der Waals surface area contributed by atoms with Gasteiger partial charge >= 0.3 is 0 Å². The van der Waals surface area contributed by atoms with Crippen LogP contribution in [0.25, 0.3) is 0 Å². The van der Waals surface area contributed by atoms with E-state index in [4.69, 9.17) is 0 Å². The molecular formula is C10H14. The second-order valence-electron chi connectivity index (χ2n) is 3.52. The second kappa shape index (κ2) is 2.26. The molecule has 0 saturated carbocycles. The van der Waals surface area contributed by atoms with Crippen LogP contribution in [0.3, 0.4) is 0 Å². The van der Waals surface area contributed by atoms with Gasteiger partial charge in [-0.1, -0.05) is 24.6 Å². The minimum atomic E-state index is 0.803. The first kappa shape index (κ1) is 6.21. The summed E-state index contributed by atoms with van der Waals surface area (Å²) in [7, 11) is 0. The predicted octanol–water partition coefficient (Wildman–Crippen LogP) is 3.06. The third-order valence-electron chi connectivity index (χ3n) is 2.57. The van der Waals surface area contributed by atoms with Crippen molar-refractivity contribution in [3.05, 3.63) is 23.3 Å². The van der Waals surface area contributed by atoms with Gasteiger partial charge in [0.15, 0.2) is 0 Å². The van der Waals surface area contributed by atoms with Gasteiger partial charge in [0.25, 0.3) is 0 Å². The van der Waals surface area contributed by atoms with Gasteiger partial charge in [-0.3, -0.25) is 0 Å². The molecule has 0 nitrogen and oxygen atoms in total. The summed E-state index contributed by atoms with van der Waals surface area (Å²) in [6, 6.07) is 0. The fourth-order valence-electron chi connectivity index (χ4n) is 2.00. The van der Waals surface area contributed by atoms with Gasteiger partial charge in [0.2, 0.25) is 0 Å². The molecule has 54 valence electrons. The molecule has 0 aliphatic heterocycles. The van der Waals surface area contributed by atoms with Gasteiger partial charge in [0, 0.05) is 0 Å². The van der Waals surface area contributed by atoms with Crippen LogP contribution in [-0.2, 0) is 0 Å². The lowest BCUT2D eigenvalue weighted by atomic mass is 9.93. The molecule has 0 N–H and O–H groups in total. The Bertz CT molecular complexity index is 196. The van der Waals surface area contributed by atoms with Crippen molar-refractivity contribution in [1.29, 1.82) is 0 Å². The van der Waals surface area contributed by atoms with Crippen molar-refractivity contribution in [2.45, 2.75) is 32.6 Å². The van der Waals surface area contributed by atoms with Crippen LogP contribution in [0, 0.1) is 5.92 Å². The smallest absolute Gasteiger partial charge is 0.0221 e. The van der Waals surface area contributed by atoms with E-state index < -0.39 is 0 Å². The van der Waals surface area contributed by atoms with Crippen LogP contribution < -0.4 is 0 Å². The summed E-state index contributed by atoms with van der Waals surface area (Å²) in [5.41, 5.74) is 3.40. The van der Waals surface area contributed by atoms with Crippen LogP contribution in [0.2, 0.25) is 0 Å². The number of rotatable bonds is 0. The van der Waals surface area contributed by atoms with Gasteiger partial charge in [-0.05, 0) is 37.2 Å². The standard InChI is InChI=1S/C10H14/c1-8-5-6-9-3-2-4-10(9)7-8/h5-6,8H,2-4,7H2,1H3. The van der Waals surface area contributed by atoms with Crippen molar-refractivity contribution >= 4 is 0 Å². The second-order valence-corrected chi connectivity index (χ2v) is 3.52. The normalized spacial score (nSPS) is 31.1. The van der Waals surface area contributed by atoms with E-state index in [1.54, 1.807) is 11.1 Å². The van der Waals surface area contributed by atoms with Gasteiger partial charge in [0.05, 0.1) is 0 Å². The molecule has 0 heterocycles. The van der Waals surface area contributed by atoms with Crippen molar-refractivity contribution in [3.8, 4) is 0 Å². The van der Waals surface area contributed by atoms with Gasteiger partial charge in [-0.15, -0.1) is 0 Å². The lowest BCUT2D eigenvalue weighted by molar-refractivity contribution is 0.689. The van der Waals surface area contributed by atoms with E-state index in [0.717, 1.165) is 5.92 Å². The molecule has 0 aromatic heterocycles. The zero-order valence-corrected chi connectivity index (χ0v) is 6.56. The molecule has 0 bridgehead atoms. The Morgan fingerprint density at radius 3 is 3.20 bits per heavy atom. The zero-order chi connectivity index (χ0) is 6.97. The Hall–Kier alpha value is -0.520. The minimum Gasteiger partial charge on any atom is -0.0811 e. The SMILES string of the molecule is CC1C=CC2=C(CCC2)C1. The molecule has 10 heavy (non-hydrogen) atoms. The minimum absolute atomic E-state index is 0.803. The average molecular weight is 134 g/mol. The Labute approximate surface area is 62.6 Å². The fraction of sp³-hybridized carbons (Fsp3) is 0.600. The maximum Gasteiger partial charge on any atom is -0.0221 e. The highest BCUT2D eigenvalue weighted by Gasteiger charge is 2.16. The molecule has 0 saturated heterocycles. The fourth-order valence-corrected chi connectivity index (χ4v) is 2.00. The van der Waals surface area contributed by atoms with E-state index in [-0.39, 0.29) is 0 Å². The van der Waals surface area contributed by atoms with Crippen molar-refractivity contribution in [3.63, 3.8) is 0 Å². The Morgan fingerprint density at radius 2 is 2.30 bits per heavy atom. The molecule has 1 atom stereocenters. The molecule has 2 aliphatic carbocycles. The highest BCUT2D eigenvalue weighted by atomic mass is 14.2. The topological polar surface area (TPSA) is 0 Å². The van der Waals surface area contributed by atoms with Gasteiger partial charge < -0.3 is 0 Å². The van der Waals surface area contributed by atoms with Crippen molar-refractivity contribution in [2.75, 3.05) is 0 Å².